The van der Waals surface area contributed by atoms with Gasteiger partial charge in [0.15, 0.2) is 0 Å². The van der Waals surface area contributed by atoms with Crippen LogP contribution in [0.2, 0.25) is 0 Å². The molecule has 0 unspecified atom stereocenters. The van der Waals surface area contributed by atoms with Crippen LogP contribution in [0.3, 0.4) is 0 Å². The summed E-state index contributed by atoms with van der Waals surface area (Å²) in [5.74, 6) is 0. The molecule has 2 aliphatic heterocycles. The quantitative estimate of drug-likeness (QED) is 0.610. The number of amides is 2. The van der Waals surface area contributed by atoms with Crippen molar-refractivity contribution in [3.8, 4) is 0 Å². The lowest BCUT2D eigenvalue weighted by molar-refractivity contribution is -0.0634. The molecule has 2 amide bonds. The lowest BCUT2D eigenvalue weighted by Gasteiger charge is -2.36. The van der Waals surface area contributed by atoms with Crippen LogP contribution < -0.4 is 10.8 Å². The van der Waals surface area contributed by atoms with Crippen molar-refractivity contribution in [3.05, 3.63) is 65.7 Å². The first kappa shape index (κ1) is 21.8. The Hall–Kier alpha value is -2.44. The summed E-state index contributed by atoms with van der Waals surface area (Å²) in [6, 6.07) is 16.5. The molecule has 0 radical (unpaired) electrons. The SMILES string of the molecule is CSc1ccccc1NC(=O)N1CCC2(C=C(c3ccc(C(C)(C)C)cc3)NO2)CC1. The Morgan fingerprint density at radius 1 is 1.10 bits per heavy atom. The monoisotopic (exact) mass is 437 g/mol. The van der Waals surface area contributed by atoms with Crippen molar-refractivity contribution in [2.75, 3.05) is 24.7 Å². The highest BCUT2D eigenvalue weighted by Crippen LogP contribution is 2.35. The summed E-state index contributed by atoms with van der Waals surface area (Å²) in [5.41, 5.74) is 7.22. The summed E-state index contributed by atoms with van der Waals surface area (Å²) in [6.45, 7) is 7.97. The second-order valence-electron chi connectivity index (χ2n) is 9.27. The first-order valence-electron chi connectivity index (χ1n) is 10.8. The van der Waals surface area contributed by atoms with E-state index in [1.165, 1.54) is 5.56 Å². The van der Waals surface area contributed by atoms with Gasteiger partial charge in [-0.05, 0) is 41.0 Å². The van der Waals surface area contributed by atoms with E-state index in [9.17, 15) is 4.79 Å². The van der Waals surface area contributed by atoms with Crippen LogP contribution in [-0.4, -0.2) is 35.9 Å². The standard InChI is InChI=1S/C25H31N3O2S/c1-24(2,3)19-11-9-18(10-12-19)21-17-25(30-27-21)13-15-28(16-14-25)23(29)26-20-7-5-6-8-22(20)31-4/h5-12,17,27H,13-16H2,1-4H3,(H,26,29). The molecule has 1 fully saturated rings. The van der Waals surface area contributed by atoms with E-state index < -0.39 is 0 Å². The smallest absolute Gasteiger partial charge is 0.321 e. The van der Waals surface area contributed by atoms with Crippen LogP contribution in [0.5, 0.6) is 0 Å². The maximum absolute atomic E-state index is 12.8. The lowest BCUT2D eigenvalue weighted by atomic mass is 9.86. The third-order valence-electron chi connectivity index (χ3n) is 6.08. The van der Waals surface area contributed by atoms with Crippen LogP contribution in [0.15, 0.2) is 59.5 Å². The van der Waals surface area contributed by atoms with Crippen LogP contribution >= 0.6 is 11.8 Å². The number of hydrogen-bond donors (Lipinski definition) is 2. The number of hydroxylamine groups is 1. The minimum Gasteiger partial charge on any atom is -0.324 e. The second kappa shape index (κ2) is 8.60. The van der Waals surface area contributed by atoms with Crippen LogP contribution in [0.1, 0.15) is 44.7 Å². The van der Waals surface area contributed by atoms with Crippen LogP contribution in [0.4, 0.5) is 10.5 Å². The molecular formula is C25H31N3O2S. The molecule has 2 aromatic carbocycles. The van der Waals surface area contributed by atoms with Crippen LogP contribution in [-0.2, 0) is 10.3 Å². The molecule has 2 aliphatic rings. The number of rotatable bonds is 3. The number of para-hydroxylation sites is 1. The number of carbonyl (C=O) groups excluding carboxylic acids is 1. The number of carbonyl (C=O) groups is 1. The van der Waals surface area contributed by atoms with Gasteiger partial charge in [-0.2, -0.15) is 0 Å². The van der Waals surface area contributed by atoms with E-state index in [0.29, 0.717) is 13.1 Å². The number of anilines is 1. The van der Waals surface area contributed by atoms with E-state index in [2.05, 4.69) is 61.9 Å². The molecule has 5 nitrogen and oxygen atoms in total. The van der Waals surface area contributed by atoms with Crippen molar-refractivity contribution in [1.82, 2.24) is 10.4 Å². The van der Waals surface area contributed by atoms with Crippen molar-refractivity contribution >= 4 is 29.2 Å². The Morgan fingerprint density at radius 2 is 1.77 bits per heavy atom. The highest BCUT2D eigenvalue weighted by molar-refractivity contribution is 7.98. The van der Waals surface area contributed by atoms with Gasteiger partial charge >= 0.3 is 6.03 Å². The van der Waals surface area contributed by atoms with Gasteiger partial charge in [0.2, 0.25) is 0 Å². The zero-order chi connectivity index (χ0) is 22.1. The van der Waals surface area contributed by atoms with Gasteiger partial charge in [-0.15, -0.1) is 11.8 Å². The summed E-state index contributed by atoms with van der Waals surface area (Å²) < 4.78 is 0. The first-order chi connectivity index (χ1) is 14.8. The summed E-state index contributed by atoms with van der Waals surface area (Å²) in [6.07, 6.45) is 5.74. The number of nitrogens with zero attached hydrogens (tertiary/aromatic N) is 1. The fourth-order valence-corrected chi connectivity index (χ4v) is 4.60. The van der Waals surface area contributed by atoms with E-state index in [0.717, 1.165) is 34.7 Å². The molecule has 0 aliphatic carbocycles. The van der Waals surface area contributed by atoms with Gasteiger partial charge in [-0.3, -0.25) is 10.3 Å². The van der Waals surface area contributed by atoms with Gasteiger partial charge < -0.3 is 10.2 Å². The fourth-order valence-electron chi connectivity index (χ4n) is 4.05. The molecule has 2 aromatic rings. The molecule has 0 atom stereocenters. The normalized spacial score (nSPS) is 17.9. The average molecular weight is 438 g/mol. The van der Waals surface area contributed by atoms with Crippen molar-refractivity contribution in [2.45, 2.75) is 49.5 Å². The molecule has 0 aromatic heterocycles. The van der Waals surface area contributed by atoms with Crippen molar-refractivity contribution in [2.24, 2.45) is 0 Å². The number of thioether (sulfide) groups is 1. The van der Waals surface area contributed by atoms with Crippen LogP contribution in [0.25, 0.3) is 5.70 Å². The Bertz CT molecular complexity index is 971. The number of piperidine rings is 1. The van der Waals surface area contributed by atoms with Gasteiger partial charge in [-0.25, -0.2) is 4.79 Å². The highest BCUT2D eigenvalue weighted by atomic mass is 32.2. The third-order valence-corrected chi connectivity index (χ3v) is 6.87. The number of benzene rings is 2. The molecule has 164 valence electrons. The van der Waals surface area contributed by atoms with E-state index in [-0.39, 0.29) is 17.0 Å². The van der Waals surface area contributed by atoms with Gasteiger partial charge in [-0.1, -0.05) is 57.2 Å². The van der Waals surface area contributed by atoms with E-state index >= 15 is 0 Å². The molecule has 1 spiro atoms. The van der Waals surface area contributed by atoms with Crippen LogP contribution in [0, 0.1) is 0 Å². The summed E-state index contributed by atoms with van der Waals surface area (Å²) >= 11 is 1.63. The maximum Gasteiger partial charge on any atom is 0.321 e. The van der Waals surface area contributed by atoms with E-state index in [1.807, 2.05) is 35.4 Å². The average Bonchev–Trinajstić information content (AvgIpc) is 3.17. The lowest BCUT2D eigenvalue weighted by Crippen LogP contribution is -2.48. The minimum atomic E-state index is -0.355. The minimum absolute atomic E-state index is 0.0516. The number of hydrogen-bond acceptors (Lipinski definition) is 4. The molecular weight excluding hydrogens is 406 g/mol. The van der Waals surface area contributed by atoms with Crippen molar-refractivity contribution in [1.29, 1.82) is 0 Å². The maximum atomic E-state index is 12.8. The van der Waals surface area contributed by atoms with Gasteiger partial charge in [0.1, 0.15) is 5.60 Å². The number of urea groups is 1. The number of likely N-dealkylation sites (tertiary alicyclic amines) is 1. The predicted molar refractivity (Wildman–Crippen MR) is 128 cm³/mol. The predicted octanol–water partition coefficient (Wildman–Crippen LogP) is 5.65. The Balaban J connectivity index is 1.39. The molecule has 1 saturated heterocycles. The Labute approximate surface area is 189 Å². The summed E-state index contributed by atoms with van der Waals surface area (Å²) in [5, 5.41) is 3.06. The molecule has 6 heteroatoms. The zero-order valence-corrected chi connectivity index (χ0v) is 19.5. The largest absolute Gasteiger partial charge is 0.324 e. The zero-order valence-electron chi connectivity index (χ0n) is 18.7. The van der Waals surface area contributed by atoms with Gasteiger partial charge in [0, 0.05) is 30.8 Å². The third kappa shape index (κ3) is 4.75. The fraction of sp³-hybridized carbons (Fsp3) is 0.400. The second-order valence-corrected chi connectivity index (χ2v) is 10.1. The Kier molecular flexibility index (Phi) is 6.04. The van der Waals surface area contributed by atoms with E-state index in [4.69, 9.17) is 4.84 Å². The topological polar surface area (TPSA) is 53.6 Å². The molecule has 2 N–H and O–H groups in total. The molecule has 4 rings (SSSR count). The number of nitrogens with one attached hydrogen (secondary N) is 2. The summed E-state index contributed by atoms with van der Waals surface area (Å²) in [7, 11) is 0. The molecule has 2 heterocycles. The van der Waals surface area contributed by atoms with E-state index in [1.54, 1.807) is 11.8 Å². The van der Waals surface area contributed by atoms with Crippen molar-refractivity contribution < 1.29 is 9.63 Å². The van der Waals surface area contributed by atoms with Crippen molar-refractivity contribution in [3.63, 3.8) is 0 Å². The van der Waals surface area contributed by atoms with Gasteiger partial charge in [0.05, 0.1) is 11.4 Å². The molecule has 0 bridgehead atoms. The molecule has 31 heavy (non-hydrogen) atoms. The summed E-state index contributed by atoms with van der Waals surface area (Å²) in [4.78, 5) is 21.7. The van der Waals surface area contributed by atoms with Gasteiger partial charge in [0.25, 0.3) is 0 Å². The first-order valence-corrected chi connectivity index (χ1v) is 12.0. The highest BCUT2D eigenvalue weighted by Gasteiger charge is 2.40. The molecule has 0 saturated carbocycles. The Morgan fingerprint density at radius 3 is 2.42 bits per heavy atom.